The Morgan fingerprint density at radius 2 is 1.74 bits per heavy atom. The molecule has 0 aliphatic rings. The Morgan fingerprint density at radius 3 is 2.47 bits per heavy atom. The predicted molar refractivity (Wildman–Crippen MR) is 132 cm³/mol. The van der Waals surface area contributed by atoms with Crippen LogP contribution in [0.5, 0.6) is 0 Å². The van der Waals surface area contributed by atoms with Crippen LogP contribution in [0, 0.1) is 20.8 Å². The highest BCUT2D eigenvalue weighted by molar-refractivity contribution is 7.89. The largest absolute Gasteiger partial charge is 0.351 e. The molecule has 0 saturated carbocycles. The quantitative estimate of drug-likeness (QED) is 0.398. The van der Waals surface area contributed by atoms with E-state index in [1.54, 1.807) is 36.9 Å². The Balaban J connectivity index is 1.53. The molecule has 2 aromatic carbocycles. The van der Waals surface area contributed by atoms with Gasteiger partial charge in [-0.3, -0.25) is 9.48 Å². The van der Waals surface area contributed by atoms with E-state index in [2.05, 4.69) is 15.1 Å². The van der Waals surface area contributed by atoms with Crippen molar-refractivity contribution in [3.05, 3.63) is 77.0 Å². The molecular formula is C25H27N5O3S. The summed E-state index contributed by atoms with van der Waals surface area (Å²) in [6.07, 6.45) is 0. The van der Waals surface area contributed by atoms with E-state index in [0.717, 1.165) is 11.1 Å². The number of fused-ring (bicyclic) bond motifs is 1. The maximum atomic E-state index is 13.1. The molecule has 0 aliphatic heterocycles. The molecule has 0 atom stereocenters. The van der Waals surface area contributed by atoms with E-state index in [9.17, 15) is 13.2 Å². The predicted octanol–water partition coefficient (Wildman–Crippen LogP) is 3.27. The molecule has 176 valence electrons. The molecule has 9 heteroatoms. The van der Waals surface area contributed by atoms with Crippen molar-refractivity contribution >= 4 is 27.0 Å². The average molecular weight is 478 g/mol. The van der Waals surface area contributed by atoms with Crippen LogP contribution in [0.3, 0.4) is 0 Å². The van der Waals surface area contributed by atoms with Gasteiger partial charge in [-0.15, -0.1) is 0 Å². The molecule has 8 nitrogen and oxygen atoms in total. The van der Waals surface area contributed by atoms with Gasteiger partial charge in [-0.05, 0) is 44.0 Å². The van der Waals surface area contributed by atoms with Crippen LogP contribution in [0.15, 0.2) is 59.5 Å². The van der Waals surface area contributed by atoms with Gasteiger partial charge in [0.15, 0.2) is 5.65 Å². The highest BCUT2D eigenvalue weighted by atomic mass is 32.2. The van der Waals surface area contributed by atoms with Gasteiger partial charge in [-0.2, -0.15) is 5.10 Å². The Morgan fingerprint density at radius 1 is 1.00 bits per heavy atom. The highest BCUT2D eigenvalue weighted by Crippen LogP contribution is 2.26. The number of hydrogen-bond donors (Lipinski definition) is 2. The van der Waals surface area contributed by atoms with Gasteiger partial charge in [0.25, 0.3) is 5.91 Å². The summed E-state index contributed by atoms with van der Waals surface area (Å²) in [4.78, 5) is 18.1. The zero-order valence-corrected chi connectivity index (χ0v) is 20.4. The standard InChI is InChI=1S/C25H27N5O3S/c1-16-10-11-17(2)22(14-16)34(32,33)27-13-12-26-25(31)20-15-21(19-8-6-5-7-9-19)28-24-23(20)18(3)29-30(24)4/h5-11,14-15,27H,12-13H2,1-4H3,(H,26,31). The van der Waals surface area contributed by atoms with Crippen molar-refractivity contribution in [1.29, 1.82) is 0 Å². The van der Waals surface area contributed by atoms with Gasteiger partial charge in [0.1, 0.15) is 0 Å². The Labute approximate surface area is 199 Å². The molecule has 1 amide bonds. The monoisotopic (exact) mass is 477 g/mol. The van der Waals surface area contributed by atoms with Crippen molar-refractivity contribution in [3.63, 3.8) is 0 Å². The molecular weight excluding hydrogens is 450 g/mol. The minimum Gasteiger partial charge on any atom is -0.351 e. The third kappa shape index (κ3) is 4.71. The van der Waals surface area contributed by atoms with Gasteiger partial charge >= 0.3 is 0 Å². The second kappa shape index (κ2) is 9.36. The van der Waals surface area contributed by atoms with Crippen LogP contribution >= 0.6 is 0 Å². The molecule has 2 N–H and O–H groups in total. The van der Waals surface area contributed by atoms with Gasteiger partial charge in [0, 0.05) is 25.7 Å². The lowest BCUT2D eigenvalue weighted by molar-refractivity contribution is 0.0956. The number of sulfonamides is 1. The maximum Gasteiger partial charge on any atom is 0.252 e. The molecule has 4 aromatic rings. The lowest BCUT2D eigenvalue weighted by Gasteiger charge is -2.12. The van der Waals surface area contributed by atoms with Crippen LogP contribution in [0.25, 0.3) is 22.3 Å². The number of pyridine rings is 1. The van der Waals surface area contributed by atoms with Crippen molar-refractivity contribution in [3.8, 4) is 11.3 Å². The highest BCUT2D eigenvalue weighted by Gasteiger charge is 2.20. The summed E-state index contributed by atoms with van der Waals surface area (Å²) in [5.41, 5.74) is 4.84. The number of carbonyl (C=O) groups excluding carboxylic acids is 1. The summed E-state index contributed by atoms with van der Waals surface area (Å²) >= 11 is 0. The van der Waals surface area contributed by atoms with Crippen molar-refractivity contribution < 1.29 is 13.2 Å². The van der Waals surface area contributed by atoms with E-state index < -0.39 is 10.0 Å². The molecule has 34 heavy (non-hydrogen) atoms. The summed E-state index contributed by atoms with van der Waals surface area (Å²) in [6, 6.07) is 16.7. The van der Waals surface area contributed by atoms with Gasteiger partial charge in [0.2, 0.25) is 10.0 Å². The lowest BCUT2D eigenvalue weighted by atomic mass is 10.0. The molecule has 4 rings (SSSR count). The Bertz CT molecular complexity index is 1480. The Kier molecular flexibility index (Phi) is 6.49. The summed E-state index contributed by atoms with van der Waals surface area (Å²) in [5.74, 6) is -0.313. The minimum atomic E-state index is -3.68. The number of aryl methyl sites for hydroxylation is 4. The first kappa shape index (κ1) is 23.6. The third-order valence-electron chi connectivity index (χ3n) is 5.62. The number of hydrogen-bond acceptors (Lipinski definition) is 5. The lowest BCUT2D eigenvalue weighted by Crippen LogP contribution is -2.35. The van der Waals surface area contributed by atoms with E-state index >= 15 is 0 Å². The van der Waals surface area contributed by atoms with Crippen LogP contribution in [-0.2, 0) is 17.1 Å². The van der Waals surface area contributed by atoms with Gasteiger partial charge in [-0.25, -0.2) is 18.1 Å². The molecule has 0 fully saturated rings. The first-order valence-electron chi connectivity index (χ1n) is 10.9. The van der Waals surface area contributed by atoms with Gasteiger partial charge < -0.3 is 5.32 Å². The Hall–Kier alpha value is -3.56. The number of amides is 1. The third-order valence-corrected chi connectivity index (χ3v) is 7.22. The van der Waals surface area contributed by atoms with E-state index in [1.807, 2.05) is 50.2 Å². The topological polar surface area (TPSA) is 106 Å². The molecule has 0 aliphatic carbocycles. The fourth-order valence-corrected chi connectivity index (χ4v) is 5.27. The maximum absolute atomic E-state index is 13.1. The molecule has 0 radical (unpaired) electrons. The molecule has 0 unspecified atom stereocenters. The SMILES string of the molecule is Cc1ccc(C)c(S(=O)(=O)NCCNC(=O)c2cc(-c3ccccc3)nc3c2c(C)nn3C)c1. The smallest absolute Gasteiger partial charge is 0.252 e. The summed E-state index contributed by atoms with van der Waals surface area (Å²) < 4.78 is 29.6. The van der Waals surface area contributed by atoms with Crippen LogP contribution < -0.4 is 10.0 Å². The van der Waals surface area contributed by atoms with E-state index in [-0.39, 0.29) is 23.9 Å². The zero-order valence-electron chi connectivity index (χ0n) is 19.6. The van der Waals surface area contributed by atoms with Gasteiger partial charge in [0.05, 0.1) is 27.2 Å². The summed E-state index contributed by atoms with van der Waals surface area (Å²) in [5, 5.41) is 7.93. The summed E-state index contributed by atoms with van der Waals surface area (Å²) in [6.45, 7) is 5.63. The first-order valence-corrected chi connectivity index (χ1v) is 12.4. The number of carbonyl (C=O) groups is 1. The molecule has 0 spiro atoms. The van der Waals surface area contributed by atoms with Crippen LogP contribution in [0.2, 0.25) is 0 Å². The minimum absolute atomic E-state index is 0.0627. The second-order valence-electron chi connectivity index (χ2n) is 8.25. The fraction of sp³-hybridized carbons (Fsp3) is 0.240. The molecule has 2 heterocycles. The average Bonchev–Trinajstić information content (AvgIpc) is 3.11. The fourth-order valence-electron chi connectivity index (χ4n) is 3.91. The van der Waals surface area contributed by atoms with Crippen molar-refractivity contribution in [1.82, 2.24) is 24.8 Å². The van der Waals surface area contributed by atoms with Crippen LogP contribution in [0.1, 0.15) is 27.2 Å². The van der Waals surface area contributed by atoms with Crippen LogP contribution in [0.4, 0.5) is 0 Å². The second-order valence-corrected chi connectivity index (χ2v) is 9.99. The first-order chi connectivity index (χ1) is 16.2. The number of benzene rings is 2. The number of rotatable bonds is 7. The zero-order chi connectivity index (χ0) is 24.5. The molecule has 0 bridgehead atoms. The van der Waals surface area contributed by atoms with E-state index in [0.29, 0.717) is 33.5 Å². The van der Waals surface area contributed by atoms with Crippen molar-refractivity contribution in [2.24, 2.45) is 7.05 Å². The number of nitrogens with one attached hydrogen (secondary N) is 2. The van der Waals surface area contributed by atoms with E-state index in [1.165, 1.54) is 0 Å². The van der Waals surface area contributed by atoms with Crippen molar-refractivity contribution in [2.75, 3.05) is 13.1 Å². The normalized spacial score (nSPS) is 11.6. The number of nitrogens with zero attached hydrogens (tertiary/aromatic N) is 3. The summed E-state index contributed by atoms with van der Waals surface area (Å²) in [7, 11) is -1.89. The van der Waals surface area contributed by atoms with Crippen molar-refractivity contribution in [2.45, 2.75) is 25.7 Å². The molecule has 2 aromatic heterocycles. The van der Waals surface area contributed by atoms with E-state index in [4.69, 9.17) is 4.98 Å². The van der Waals surface area contributed by atoms with Crippen LogP contribution in [-0.4, -0.2) is 42.2 Å². The van der Waals surface area contributed by atoms with Gasteiger partial charge in [-0.1, -0.05) is 42.5 Å². The number of aromatic nitrogens is 3. The molecule has 0 saturated heterocycles.